The summed E-state index contributed by atoms with van der Waals surface area (Å²) in [6.45, 7) is 3.68. The summed E-state index contributed by atoms with van der Waals surface area (Å²) in [5.74, 6) is -0.319. The Balaban J connectivity index is 4.23. The first-order valence-corrected chi connectivity index (χ1v) is 6.74. The topological polar surface area (TPSA) is 61.1 Å². The van der Waals surface area contributed by atoms with Crippen LogP contribution in [0.1, 0.15) is 20.3 Å². The molecule has 0 aliphatic rings. The van der Waals surface area contributed by atoms with E-state index in [1.165, 1.54) is 11.8 Å². The molecule has 15 heavy (non-hydrogen) atoms. The number of thioether (sulfide) groups is 2. The number of carbonyl (C=O) groups is 1. The van der Waals surface area contributed by atoms with E-state index in [0.717, 1.165) is 17.5 Å². The van der Waals surface area contributed by atoms with E-state index in [1.807, 2.05) is 13.0 Å². The molecule has 2 atom stereocenters. The van der Waals surface area contributed by atoms with Crippen LogP contribution < -0.4 is 0 Å². The fourth-order valence-electron chi connectivity index (χ4n) is 0.841. The number of carboxylic acids is 1. The highest BCUT2D eigenvalue weighted by Gasteiger charge is 2.22. The molecule has 3 nitrogen and oxygen atoms in total. The van der Waals surface area contributed by atoms with Gasteiger partial charge < -0.3 is 5.11 Å². The van der Waals surface area contributed by atoms with Gasteiger partial charge in [-0.05, 0) is 19.1 Å². The van der Waals surface area contributed by atoms with Crippen molar-refractivity contribution in [2.45, 2.75) is 25.5 Å². The molecule has 0 bridgehead atoms. The van der Waals surface area contributed by atoms with Crippen molar-refractivity contribution in [2.75, 3.05) is 5.75 Å². The van der Waals surface area contributed by atoms with Gasteiger partial charge in [-0.25, -0.2) is 0 Å². The van der Waals surface area contributed by atoms with Crippen molar-refractivity contribution in [3.63, 3.8) is 0 Å². The second-order valence-corrected chi connectivity index (χ2v) is 6.56. The third-order valence-corrected chi connectivity index (χ3v) is 4.24. The van der Waals surface area contributed by atoms with Crippen molar-refractivity contribution in [3.8, 4) is 6.07 Å². The largest absolute Gasteiger partial charge is 0.480 e. The highest BCUT2D eigenvalue weighted by Crippen LogP contribution is 2.26. The van der Waals surface area contributed by atoms with Crippen molar-refractivity contribution < 1.29 is 9.90 Å². The normalized spacial score (nSPS) is 13.9. The van der Waals surface area contributed by atoms with E-state index < -0.39 is 11.2 Å². The molecule has 0 radical (unpaired) electrons. The number of nitrogens with zero attached hydrogens (tertiary/aromatic N) is 1. The highest BCUT2D eigenvalue weighted by atomic mass is 32.2. The zero-order chi connectivity index (χ0) is 11.8. The average molecular weight is 263 g/mol. The Labute approximate surface area is 104 Å². The lowest BCUT2D eigenvalue weighted by Crippen LogP contribution is -2.20. The number of carboxylic acid groups (broad SMARTS) is 1. The molecule has 0 aromatic heterocycles. The molecular weight excluding hydrogens is 250 g/mol. The van der Waals surface area contributed by atoms with Crippen LogP contribution in [0.25, 0.3) is 0 Å². The lowest BCUT2D eigenvalue weighted by atomic mass is 10.1. The van der Waals surface area contributed by atoms with Crippen molar-refractivity contribution >= 4 is 45.2 Å². The van der Waals surface area contributed by atoms with Crippen LogP contribution in [-0.4, -0.2) is 25.6 Å². The number of nitriles is 1. The summed E-state index contributed by atoms with van der Waals surface area (Å²) in [5, 5.41) is 16.9. The van der Waals surface area contributed by atoms with Gasteiger partial charge >= 0.3 is 5.97 Å². The van der Waals surface area contributed by atoms with Gasteiger partial charge in [-0.2, -0.15) is 5.26 Å². The van der Waals surface area contributed by atoms with E-state index in [1.54, 1.807) is 6.92 Å². The molecule has 0 heterocycles. The molecule has 0 fully saturated rings. The third kappa shape index (κ3) is 6.77. The first-order valence-electron chi connectivity index (χ1n) is 4.47. The number of rotatable bonds is 5. The van der Waals surface area contributed by atoms with Gasteiger partial charge in [0.15, 0.2) is 0 Å². The average Bonchev–Trinajstić information content (AvgIpc) is 2.16. The monoisotopic (exact) mass is 263 g/mol. The molecule has 0 spiro atoms. The quantitative estimate of drug-likeness (QED) is 0.770. The zero-order valence-electron chi connectivity index (χ0n) is 8.60. The van der Waals surface area contributed by atoms with E-state index in [4.69, 9.17) is 22.6 Å². The Kier molecular flexibility index (Phi) is 7.83. The Morgan fingerprint density at radius 1 is 1.67 bits per heavy atom. The maximum Gasteiger partial charge on any atom is 0.317 e. The summed E-state index contributed by atoms with van der Waals surface area (Å²) >= 11 is 7.64. The molecule has 0 aliphatic carbocycles. The van der Waals surface area contributed by atoms with E-state index >= 15 is 0 Å². The van der Waals surface area contributed by atoms with Gasteiger partial charge in [0.25, 0.3) is 0 Å². The molecule has 0 aromatic carbocycles. The molecule has 0 saturated carbocycles. The SMILES string of the molecule is CCSC(=S)SC(CC(C)C#N)C(=O)O. The summed E-state index contributed by atoms with van der Waals surface area (Å²) in [5.41, 5.74) is 0. The first-order chi connectivity index (χ1) is 7.01. The lowest BCUT2D eigenvalue weighted by Gasteiger charge is -2.12. The Morgan fingerprint density at radius 3 is 2.67 bits per heavy atom. The third-order valence-electron chi connectivity index (χ3n) is 1.56. The summed E-state index contributed by atoms with van der Waals surface area (Å²) < 4.78 is 0.634. The smallest absolute Gasteiger partial charge is 0.317 e. The summed E-state index contributed by atoms with van der Waals surface area (Å²) in [4.78, 5) is 10.9. The van der Waals surface area contributed by atoms with Gasteiger partial charge in [-0.15, -0.1) is 11.8 Å². The van der Waals surface area contributed by atoms with Crippen LogP contribution in [0, 0.1) is 17.2 Å². The Morgan fingerprint density at radius 2 is 2.27 bits per heavy atom. The summed E-state index contributed by atoms with van der Waals surface area (Å²) in [6.07, 6.45) is 0.334. The standard InChI is InChI=1S/C9H13NO2S3/c1-3-14-9(13)15-7(8(11)12)4-6(2)5-10/h6-7H,3-4H2,1-2H3,(H,11,12). The van der Waals surface area contributed by atoms with Gasteiger partial charge in [-0.3, -0.25) is 4.79 Å². The summed E-state index contributed by atoms with van der Waals surface area (Å²) in [6, 6.07) is 2.03. The van der Waals surface area contributed by atoms with Gasteiger partial charge in [0.2, 0.25) is 0 Å². The molecule has 6 heteroatoms. The van der Waals surface area contributed by atoms with Crippen LogP contribution in [0.2, 0.25) is 0 Å². The van der Waals surface area contributed by atoms with Crippen LogP contribution >= 0.6 is 35.7 Å². The maximum absolute atomic E-state index is 10.9. The number of hydrogen-bond donors (Lipinski definition) is 1. The molecule has 2 unspecified atom stereocenters. The maximum atomic E-state index is 10.9. The fraction of sp³-hybridized carbons (Fsp3) is 0.667. The minimum atomic E-state index is -0.902. The van der Waals surface area contributed by atoms with Gasteiger partial charge in [0.05, 0.1) is 6.07 Å². The second kappa shape index (κ2) is 7.97. The first kappa shape index (κ1) is 14.8. The van der Waals surface area contributed by atoms with Gasteiger partial charge in [-0.1, -0.05) is 30.9 Å². The van der Waals surface area contributed by atoms with Crippen LogP contribution in [-0.2, 0) is 4.79 Å². The number of aliphatic carboxylic acids is 1. The van der Waals surface area contributed by atoms with Crippen LogP contribution in [0.5, 0.6) is 0 Å². The minimum absolute atomic E-state index is 0.256. The van der Waals surface area contributed by atoms with E-state index in [2.05, 4.69) is 0 Å². The molecule has 0 aliphatic heterocycles. The Hall–Kier alpha value is -0.250. The van der Waals surface area contributed by atoms with Crippen molar-refractivity contribution in [1.82, 2.24) is 0 Å². The van der Waals surface area contributed by atoms with E-state index in [0.29, 0.717) is 9.95 Å². The van der Waals surface area contributed by atoms with Crippen molar-refractivity contribution in [2.24, 2.45) is 5.92 Å². The molecule has 0 saturated heterocycles. The zero-order valence-corrected chi connectivity index (χ0v) is 11.0. The van der Waals surface area contributed by atoms with Crippen LogP contribution in [0.3, 0.4) is 0 Å². The highest BCUT2D eigenvalue weighted by molar-refractivity contribution is 8.47. The van der Waals surface area contributed by atoms with Crippen molar-refractivity contribution in [3.05, 3.63) is 0 Å². The van der Waals surface area contributed by atoms with Gasteiger partial charge in [0, 0.05) is 5.92 Å². The Bertz CT molecular complexity index is 275. The van der Waals surface area contributed by atoms with E-state index in [9.17, 15) is 4.79 Å². The van der Waals surface area contributed by atoms with Crippen LogP contribution in [0.15, 0.2) is 0 Å². The van der Waals surface area contributed by atoms with E-state index in [-0.39, 0.29) is 5.92 Å². The van der Waals surface area contributed by atoms with Gasteiger partial charge in [0.1, 0.15) is 8.78 Å². The number of hydrogen-bond acceptors (Lipinski definition) is 5. The molecule has 84 valence electrons. The summed E-state index contributed by atoms with van der Waals surface area (Å²) in [7, 11) is 0. The second-order valence-electron chi connectivity index (χ2n) is 2.89. The lowest BCUT2D eigenvalue weighted by molar-refractivity contribution is -0.136. The molecule has 0 amide bonds. The molecule has 0 aromatic rings. The predicted octanol–water partition coefficient (Wildman–Crippen LogP) is 2.76. The van der Waals surface area contributed by atoms with Crippen molar-refractivity contribution in [1.29, 1.82) is 5.26 Å². The molecule has 1 N–H and O–H groups in total. The fourth-order valence-corrected chi connectivity index (χ4v) is 3.47. The number of thiocarbonyl (C=S) groups is 1. The van der Waals surface area contributed by atoms with Crippen LogP contribution in [0.4, 0.5) is 0 Å². The predicted molar refractivity (Wildman–Crippen MR) is 69.1 cm³/mol. The molecular formula is C9H13NO2S3. The molecule has 0 rings (SSSR count). The minimum Gasteiger partial charge on any atom is -0.480 e.